The lowest BCUT2D eigenvalue weighted by Crippen LogP contribution is -2.28. The average molecular weight is 501 g/mol. The van der Waals surface area contributed by atoms with Crippen LogP contribution in [0, 0.1) is 6.92 Å². The molecule has 0 spiro atoms. The minimum atomic E-state index is -0.796. The van der Waals surface area contributed by atoms with Gasteiger partial charge in [-0.3, -0.25) is 4.57 Å². The van der Waals surface area contributed by atoms with Gasteiger partial charge >= 0.3 is 17.6 Å². The predicted molar refractivity (Wildman–Crippen MR) is 124 cm³/mol. The Balaban J connectivity index is 1.46. The van der Waals surface area contributed by atoms with Gasteiger partial charge in [0.15, 0.2) is 12.3 Å². The molecule has 0 saturated carbocycles. The Kier molecular flexibility index (Phi) is 6.72. The fourth-order valence-electron chi connectivity index (χ4n) is 3.27. The predicted octanol–water partition coefficient (Wildman–Crippen LogP) is 4.74. The number of aromatic nitrogens is 2. The first-order chi connectivity index (χ1) is 16.2. The highest BCUT2D eigenvalue weighted by atomic mass is 35.5. The lowest BCUT2D eigenvalue weighted by atomic mass is 10.2. The summed E-state index contributed by atoms with van der Waals surface area (Å²) in [6.45, 7) is 5.42. The zero-order chi connectivity index (χ0) is 24.4. The van der Waals surface area contributed by atoms with Crippen LogP contribution in [0.25, 0.3) is 0 Å². The summed E-state index contributed by atoms with van der Waals surface area (Å²) >= 11 is 11.7. The van der Waals surface area contributed by atoms with Crippen molar-refractivity contribution in [2.45, 2.75) is 25.7 Å². The van der Waals surface area contributed by atoms with Gasteiger partial charge in [-0.05, 0) is 55.5 Å². The van der Waals surface area contributed by atoms with Crippen LogP contribution in [0.15, 0.2) is 71.9 Å². The fraction of sp³-hybridized carbons (Fsp3) is 0.167. The number of carbonyl (C=O) groups excluding carboxylic acids is 2. The Morgan fingerprint density at radius 2 is 1.59 bits per heavy atom. The van der Waals surface area contributed by atoms with E-state index >= 15 is 0 Å². The van der Waals surface area contributed by atoms with Gasteiger partial charge in [-0.2, -0.15) is 4.98 Å². The van der Waals surface area contributed by atoms with E-state index in [0.717, 1.165) is 0 Å². The lowest BCUT2D eigenvalue weighted by Gasteiger charge is -2.15. The quantitative estimate of drug-likeness (QED) is 0.466. The van der Waals surface area contributed by atoms with Crippen LogP contribution < -0.4 is 10.4 Å². The van der Waals surface area contributed by atoms with Crippen LogP contribution >= 0.6 is 23.2 Å². The van der Waals surface area contributed by atoms with Crippen molar-refractivity contribution in [3.63, 3.8) is 0 Å². The summed E-state index contributed by atoms with van der Waals surface area (Å²) in [5.41, 5.74) is 0.308. The summed E-state index contributed by atoms with van der Waals surface area (Å²) in [6.07, 6.45) is 0.0579. The first kappa shape index (κ1) is 23.5. The molecule has 1 aliphatic heterocycles. The van der Waals surface area contributed by atoms with Crippen LogP contribution in [0.3, 0.4) is 0 Å². The zero-order valence-electron chi connectivity index (χ0n) is 17.9. The van der Waals surface area contributed by atoms with Gasteiger partial charge in [-0.1, -0.05) is 29.8 Å². The number of esters is 2. The lowest BCUT2D eigenvalue weighted by molar-refractivity contribution is 0.0368. The molecular formula is C24H18Cl2N2O6. The molecule has 3 aromatic rings. The molecule has 1 aromatic heterocycles. The third-order valence-electron chi connectivity index (χ3n) is 5.06. The topological polar surface area (TPSA) is 96.7 Å². The second-order valence-corrected chi connectivity index (χ2v) is 8.36. The van der Waals surface area contributed by atoms with Crippen molar-refractivity contribution in [3.05, 3.63) is 104 Å². The van der Waals surface area contributed by atoms with E-state index in [4.69, 9.17) is 37.4 Å². The van der Waals surface area contributed by atoms with E-state index in [2.05, 4.69) is 11.6 Å². The minimum absolute atomic E-state index is 0.122. The number of benzene rings is 2. The molecule has 2 aromatic carbocycles. The molecule has 0 amide bonds. The highest BCUT2D eigenvalue weighted by molar-refractivity contribution is 6.31. The van der Waals surface area contributed by atoms with Crippen molar-refractivity contribution < 1.29 is 23.8 Å². The third-order valence-corrected chi connectivity index (χ3v) is 5.56. The summed E-state index contributed by atoms with van der Waals surface area (Å²) in [6, 6.07) is 12.4. The Morgan fingerprint density at radius 3 is 2.18 bits per heavy atom. The van der Waals surface area contributed by atoms with Gasteiger partial charge in [0.05, 0.1) is 11.1 Å². The molecule has 174 valence electrons. The van der Waals surface area contributed by atoms with Gasteiger partial charge < -0.3 is 14.2 Å². The molecule has 1 saturated heterocycles. The van der Waals surface area contributed by atoms with Gasteiger partial charge in [0.1, 0.15) is 5.76 Å². The Labute approximate surface area is 204 Å². The van der Waals surface area contributed by atoms with E-state index in [1.54, 1.807) is 43.3 Å². The van der Waals surface area contributed by atoms with Crippen LogP contribution in [0.4, 0.5) is 0 Å². The highest BCUT2D eigenvalue weighted by Gasteiger charge is 2.35. The molecule has 34 heavy (non-hydrogen) atoms. The molecule has 0 N–H and O–H groups in total. The van der Waals surface area contributed by atoms with Gasteiger partial charge in [-0.15, -0.1) is 0 Å². The van der Waals surface area contributed by atoms with E-state index in [9.17, 15) is 14.4 Å². The molecule has 1 fully saturated rings. The molecule has 4 rings (SSSR count). The van der Waals surface area contributed by atoms with Crippen molar-refractivity contribution >= 4 is 35.1 Å². The molecule has 0 radical (unpaired) electrons. The number of rotatable bonds is 5. The maximum absolute atomic E-state index is 12.6. The monoisotopic (exact) mass is 500 g/mol. The fourth-order valence-corrected chi connectivity index (χ4v) is 3.53. The van der Waals surface area contributed by atoms with Gasteiger partial charge in [0.2, 0.25) is 5.88 Å². The SMILES string of the molecule is C=C1O[C@@H](n2cc(C)c(OC(=O)c3ccc(Cl)cc3)nc2=O)C[C@@H]1OC(=O)c1ccc(Cl)cc1. The van der Waals surface area contributed by atoms with Crippen molar-refractivity contribution in [2.75, 3.05) is 0 Å². The number of halogens is 2. The normalized spacial score (nSPS) is 17.2. The molecular weight excluding hydrogens is 483 g/mol. The summed E-state index contributed by atoms with van der Waals surface area (Å²) in [4.78, 5) is 41.3. The molecule has 0 unspecified atom stereocenters. The van der Waals surface area contributed by atoms with E-state index in [1.165, 1.54) is 22.9 Å². The van der Waals surface area contributed by atoms with Crippen LogP contribution in [0.2, 0.25) is 10.0 Å². The van der Waals surface area contributed by atoms with Crippen LogP contribution in [0.5, 0.6) is 5.88 Å². The minimum Gasteiger partial charge on any atom is -0.471 e. The standard InChI is InChI=1S/C24H18Cl2N2O6/c1-13-12-28(24(31)27-21(13)34-23(30)16-5-9-18(26)10-6-16)20-11-19(14(2)32-20)33-22(29)15-3-7-17(25)8-4-15/h3-10,12,19-20H,2,11H2,1H3/t19-,20+/m0/s1. The van der Waals surface area contributed by atoms with Crippen molar-refractivity contribution in [1.82, 2.24) is 9.55 Å². The summed E-state index contributed by atoms with van der Waals surface area (Å²) in [5, 5.41) is 0.971. The van der Waals surface area contributed by atoms with Crippen LogP contribution in [0.1, 0.15) is 38.9 Å². The van der Waals surface area contributed by atoms with E-state index in [-0.39, 0.29) is 23.6 Å². The Hall–Kier alpha value is -3.62. The molecule has 1 aliphatic rings. The maximum Gasteiger partial charge on any atom is 0.353 e. The summed E-state index contributed by atoms with van der Waals surface area (Å²) in [5.74, 6) is -1.17. The van der Waals surface area contributed by atoms with E-state index in [1.807, 2.05) is 0 Å². The number of nitrogens with zero attached hydrogens (tertiary/aromatic N) is 2. The molecule has 2 atom stereocenters. The van der Waals surface area contributed by atoms with Gasteiger partial charge in [0.25, 0.3) is 0 Å². The molecule has 0 bridgehead atoms. The van der Waals surface area contributed by atoms with Crippen molar-refractivity contribution in [3.8, 4) is 5.88 Å². The van der Waals surface area contributed by atoms with Crippen LogP contribution in [-0.2, 0) is 9.47 Å². The second-order valence-electron chi connectivity index (χ2n) is 7.49. The number of hydrogen-bond acceptors (Lipinski definition) is 7. The van der Waals surface area contributed by atoms with Crippen molar-refractivity contribution in [2.24, 2.45) is 0 Å². The number of hydrogen-bond donors (Lipinski definition) is 0. The first-order valence-electron chi connectivity index (χ1n) is 10.1. The summed E-state index contributed by atoms with van der Waals surface area (Å²) in [7, 11) is 0. The summed E-state index contributed by atoms with van der Waals surface area (Å²) < 4.78 is 17.7. The molecule has 2 heterocycles. The number of aryl methyl sites for hydroxylation is 1. The van der Waals surface area contributed by atoms with Crippen molar-refractivity contribution in [1.29, 1.82) is 0 Å². The first-order valence-corrected chi connectivity index (χ1v) is 10.9. The Morgan fingerprint density at radius 1 is 1.03 bits per heavy atom. The van der Waals surface area contributed by atoms with E-state index in [0.29, 0.717) is 21.2 Å². The third kappa shape index (κ3) is 5.13. The molecule has 0 aliphatic carbocycles. The second kappa shape index (κ2) is 9.70. The highest BCUT2D eigenvalue weighted by Crippen LogP contribution is 2.32. The largest absolute Gasteiger partial charge is 0.471 e. The Bertz CT molecular complexity index is 1320. The van der Waals surface area contributed by atoms with Gasteiger partial charge in [-0.25, -0.2) is 14.4 Å². The molecule has 10 heteroatoms. The number of ether oxygens (including phenoxy) is 3. The maximum atomic E-state index is 12.6. The smallest absolute Gasteiger partial charge is 0.353 e. The molecule has 8 nitrogen and oxygen atoms in total. The van der Waals surface area contributed by atoms with E-state index < -0.39 is 30.0 Å². The average Bonchev–Trinajstić information content (AvgIpc) is 3.16. The van der Waals surface area contributed by atoms with Crippen LogP contribution in [-0.4, -0.2) is 27.6 Å². The van der Waals surface area contributed by atoms with Gasteiger partial charge in [0, 0.05) is 28.2 Å². The number of carbonyl (C=O) groups is 2. The zero-order valence-corrected chi connectivity index (χ0v) is 19.4.